The molecule has 1 saturated heterocycles. The van der Waals surface area contributed by atoms with Crippen molar-refractivity contribution < 1.29 is 4.79 Å². The van der Waals surface area contributed by atoms with Gasteiger partial charge in [0.1, 0.15) is 0 Å². The van der Waals surface area contributed by atoms with E-state index in [2.05, 4.69) is 52.0 Å². The lowest BCUT2D eigenvalue weighted by Gasteiger charge is -2.24. The standard InChI is InChI=1S/C15H21NO/c1-11-5-10-14(17)16(11)13-8-6-12(7-9-13)15(2,3)4/h6-9,11H,5,10H2,1-4H3/t11-/m1/s1. The summed E-state index contributed by atoms with van der Waals surface area (Å²) in [7, 11) is 0. The number of carbonyl (C=O) groups excluding carboxylic acids is 1. The Kier molecular flexibility index (Phi) is 2.98. The molecule has 1 atom stereocenters. The van der Waals surface area contributed by atoms with Crippen molar-refractivity contribution in [2.24, 2.45) is 0 Å². The van der Waals surface area contributed by atoms with Crippen LogP contribution >= 0.6 is 0 Å². The van der Waals surface area contributed by atoms with Gasteiger partial charge in [0.25, 0.3) is 0 Å². The fourth-order valence-electron chi connectivity index (χ4n) is 2.35. The molecule has 1 aliphatic heterocycles. The van der Waals surface area contributed by atoms with Crippen molar-refractivity contribution in [3.05, 3.63) is 29.8 Å². The molecule has 0 radical (unpaired) electrons. The molecule has 1 amide bonds. The van der Waals surface area contributed by atoms with Gasteiger partial charge in [-0.2, -0.15) is 0 Å². The number of nitrogens with zero attached hydrogens (tertiary/aromatic N) is 1. The van der Waals surface area contributed by atoms with Gasteiger partial charge in [0.05, 0.1) is 0 Å². The molecular weight excluding hydrogens is 210 g/mol. The zero-order valence-electron chi connectivity index (χ0n) is 11.2. The van der Waals surface area contributed by atoms with Crippen LogP contribution in [0.2, 0.25) is 0 Å². The smallest absolute Gasteiger partial charge is 0.227 e. The van der Waals surface area contributed by atoms with E-state index in [1.54, 1.807) is 0 Å². The normalized spacial score (nSPS) is 21.1. The van der Waals surface area contributed by atoms with E-state index < -0.39 is 0 Å². The number of anilines is 1. The van der Waals surface area contributed by atoms with Gasteiger partial charge in [-0.05, 0) is 36.5 Å². The van der Waals surface area contributed by atoms with E-state index in [1.165, 1.54) is 5.56 Å². The van der Waals surface area contributed by atoms with Crippen LogP contribution in [-0.2, 0) is 10.2 Å². The van der Waals surface area contributed by atoms with E-state index in [9.17, 15) is 4.79 Å². The van der Waals surface area contributed by atoms with Gasteiger partial charge in [-0.1, -0.05) is 32.9 Å². The Hall–Kier alpha value is -1.31. The Labute approximate surface area is 104 Å². The van der Waals surface area contributed by atoms with Gasteiger partial charge in [0, 0.05) is 18.2 Å². The maximum Gasteiger partial charge on any atom is 0.227 e. The first kappa shape index (κ1) is 12.2. The van der Waals surface area contributed by atoms with Crippen LogP contribution in [0.3, 0.4) is 0 Å². The second-order valence-corrected chi connectivity index (χ2v) is 5.95. The van der Waals surface area contributed by atoms with Crippen molar-refractivity contribution in [1.29, 1.82) is 0 Å². The van der Waals surface area contributed by atoms with Crippen molar-refractivity contribution in [2.75, 3.05) is 4.90 Å². The first-order chi connectivity index (χ1) is 7.89. The first-order valence-electron chi connectivity index (χ1n) is 6.32. The van der Waals surface area contributed by atoms with Crippen LogP contribution in [0.5, 0.6) is 0 Å². The summed E-state index contributed by atoms with van der Waals surface area (Å²) in [4.78, 5) is 13.7. The average Bonchev–Trinajstić information content (AvgIpc) is 2.58. The monoisotopic (exact) mass is 231 g/mol. The number of rotatable bonds is 1. The molecule has 1 fully saturated rings. The minimum atomic E-state index is 0.166. The summed E-state index contributed by atoms with van der Waals surface area (Å²) in [6.45, 7) is 8.71. The van der Waals surface area contributed by atoms with E-state index in [0.717, 1.165) is 12.1 Å². The minimum absolute atomic E-state index is 0.166. The zero-order chi connectivity index (χ0) is 12.6. The predicted molar refractivity (Wildman–Crippen MR) is 71.3 cm³/mol. The van der Waals surface area contributed by atoms with Crippen LogP contribution in [0.25, 0.3) is 0 Å². The third-order valence-corrected chi connectivity index (χ3v) is 3.50. The van der Waals surface area contributed by atoms with Crippen LogP contribution in [0.4, 0.5) is 5.69 Å². The number of hydrogen-bond donors (Lipinski definition) is 0. The highest BCUT2D eigenvalue weighted by molar-refractivity contribution is 5.96. The number of amides is 1. The first-order valence-corrected chi connectivity index (χ1v) is 6.32. The zero-order valence-corrected chi connectivity index (χ0v) is 11.2. The summed E-state index contributed by atoms with van der Waals surface area (Å²) in [5.74, 6) is 0.251. The molecule has 0 bridgehead atoms. The van der Waals surface area contributed by atoms with Gasteiger partial charge in [-0.3, -0.25) is 4.79 Å². The van der Waals surface area contributed by atoms with Gasteiger partial charge in [-0.25, -0.2) is 0 Å². The van der Waals surface area contributed by atoms with Crippen LogP contribution in [0.15, 0.2) is 24.3 Å². The van der Waals surface area contributed by atoms with E-state index in [0.29, 0.717) is 12.5 Å². The molecule has 92 valence electrons. The van der Waals surface area contributed by atoms with E-state index in [-0.39, 0.29) is 11.3 Å². The lowest BCUT2D eigenvalue weighted by molar-refractivity contribution is -0.117. The molecule has 1 heterocycles. The van der Waals surface area contributed by atoms with E-state index >= 15 is 0 Å². The van der Waals surface area contributed by atoms with Gasteiger partial charge in [0.15, 0.2) is 0 Å². The Balaban J connectivity index is 2.27. The highest BCUT2D eigenvalue weighted by Crippen LogP contribution is 2.29. The highest BCUT2D eigenvalue weighted by atomic mass is 16.2. The molecule has 1 aromatic carbocycles. The van der Waals surface area contributed by atoms with Crippen molar-refractivity contribution in [2.45, 2.75) is 52.0 Å². The Morgan fingerprint density at radius 3 is 2.18 bits per heavy atom. The molecule has 0 N–H and O–H groups in total. The molecule has 17 heavy (non-hydrogen) atoms. The molecule has 0 aromatic heterocycles. The molecule has 1 aromatic rings. The summed E-state index contributed by atoms with van der Waals surface area (Å²) >= 11 is 0. The summed E-state index contributed by atoms with van der Waals surface area (Å²) in [5.41, 5.74) is 2.51. The predicted octanol–water partition coefficient (Wildman–Crippen LogP) is 3.50. The Morgan fingerprint density at radius 2 is 1.76 bits per heavy atom. The van der Waals surface area contributed by atoms with Crippen molar-refractivity contribution in [3.63, 3.8) is 0 Å². The molecule has 0 aliphatic carbocycles. The van der Waals surface area contributed by atoms with E-state index in [1.807, 2.05) is 4.90 Å². The molecule has 0 unspecified atom stereocenters. The number of benzene rings is 1. The molecule has 2 rings (SSSR count). The third-order valence-electron chi connectivity index (χ3n) is 3.50. The quantitative estimate of drug-likeness (QED) is 0.724. The topological polar surface area (TPSA) is 20.3 Å². The summed E-state index contributed by atoms with van der Waals surface area (Å²) in [6.07, 6.45) is 1.65. The van der Waals surface area contributed by atoms with Crippen LogP contribution in [0, 0.1) is 0 Å². The molecule has 2 nitrogen and oxygen atoms in total. The second-order valence-electron chi connectivity index (χ2n) is 5.95. The number of carbonyl (C=O) groups is 1. The SMILES string of the molecule is C[C@@H]1CCC(=O)N1c1ccc(C(C)(C)C)cc1. The van der Waals surface area contributed by atoms with Gasteiger partial charge < -0.3 is 4.90 Å². The molecule has 0 spiro atoms. The van der Waals surface area contributed by atoms with Crippen molar-refractivity contribution >= 4 is 11.6 Å². The summed E-state index contributed by atoms with van der Waals surface area (Å²) < 4.78 is 0. The second kappa shape index (κ2) is 4.17. The largest absolute Gasteiger partial charge is 0.310 e. The lowest BCUT2D eigenvalue weighted by atomic mass is 9.87. The van der Waals surface area contributed by atoms with Crippen molar-refractivity contribution in [1.82, 2.24) is 0 Å². The maximum atomic E-state index is 11.8. The Morgan fingerprint density at radius 1 is 1.18 bits per heavy atom. The highest BCUT2D eigenvalue weighted by Gasteiger charge is 2.28. The Bertz CT molecular complexity index is 414. The third kappa shape index (κ3) is 2.36. The fraction of sp³-hybridized carbons (Fsp3) is 0.533. The molecule has 2 heteroatoms. The van der Waals surface area contributed by atoms with Crippen LogP contribution in [0.1, 0.15) is 46.1 Å². The summed E-state index contributed by atoms with van der Waals surface area (Å²) in [6, 6.07) is 8.74. The molecule has 0 saturated carbocycles. The molecular formula is C15H21NO. The maximum absolute atomic E-state index is 11.8. The fourth-order valence-corrected chi connectivity index (χ4v) is 2.35. The molecule has 1 aliphatic rings. The lowest BCUT2D eigenvalue weighted by Crippen LogP contribution is -2.30. The number of hydrogen-bond acceptors (Lipinski definition) is 1. The summed E-state index contributed by atoms with van der Waals surface area (Å²) in [5, 5.41) is 0. The average molecular weight is 231 g/mol. The van der Waals surface area contributed by atoms with Crippen molar-refractivity contribution in [3.8, 4) is 0 Å². The minimum Gasteiger partial charge on any atom is -0.310 e. The van der Waals surface area contributed by atoms with E-state index in [4.69, 9.17) is 0 Å². The van der Waals surface area contributed by atoms with Gasteiger partial charge in [0.2, 0.25) is 5.91 Å². The van der Waals surface area contributed by atoms with Crippen LogP contribution < -0.4 is 4.90 Å². The van der Waals surface area contributed by atoms with Gasteiger partial charge in [-0.15, -0.1) is 0 Å². The van der Waals surface area contributed by atoms with Crippen LogP contribution in [-0.4, -0.2) is 11.9 Å². The van der Waals surface area contributed by atoms with Gasteiger partial charge >= 0.3 is 0 Å².